The van der Waals surface area contributed by atoms with Crippen LogP contribution in [0.15, 0.2) is 85.2 Å². The molecule has 3 aromatic rings. The van der Waals surface area contributed by atoms with Gasteiger partial charge in [0.1, 0.15) is 0 Å². The number of aromatic nitrogens is 1. The Morgan fingerprint density at radius 3 is 2.07 bits per heavy atom. The molecule has 0 spiro atoms. The first-order valence-electron chi connectivity index (χ1n) is 9.03. The van der Waals surface area contributed by atoms with Crippen molar-refractivity contribution in [3.05, 3.63) is 102 Å². The molecule has 1 unspecified atom stereocenters. The van der Waals surface area contributed by atoms with Crippen molar-refractivity contribution >= 4 is 17.7 Å². The number of carbonyl (C=O) groups is 3. The second-order valence-electron chi connectivity index (χ2n) is 6.25. The summed E-state index contributed by atoms with van der Waals surface area (Å²) in [6, 6.07) is 20.6. The molecule has 3 amide bonds. The highest BCUT2D eigenvalue weighted by molar-refractivity contribution is 5.96. The molecule has 2 aromatic carbocycles. The lowest BCUT2D eigenvalue weighted by Crippen LogP contribution is -2.43. The van der Waals surface area contributed by atoms with Crippen molar-refractivity contribution in [2.75, 3.05) is 0 Å². The molecular formula is C22H20N4O3. The molecule has 0 aliphatic rings. The molecule has 0 radical (unpaired) electrons. The smallest absolute Gasteiger partial charge is 0.271 e. The molecule has 0 saturated carbocycles. The maximum Gasteiger partial charge on any atom is 0.271 e. The van der Waals surface area contributed by atoms with E-state index < -0.39 is 17.9 Å². The van der Waals surface area contributed by atoms with Gasteiger partial charge in [-0.15, -0.1) is 0 Å². The van der Waals surface area contributed by atoms with Crippen molar-refractivity contribution in [1.82, 2.24) is 21.2 Å². The van der Waals surface area contributed by atoms with Gasteiger partial charge in [0, 0.05) is 18.0 Å². The molecular weight excluding hydrogens is 368 g/mol. The van der Waals surface area contributed by atoms with E-state index in [1.807, 2.05) is 36.4 Å². The molecule has 1 heterocycles. The second-order valence-corrected chi connectivity index (χ2v) is 6.25. The first kappa shape index (κ1) is 19.8. The highest BCUT2D eigenvalue weighted by Gasteiger charge is 2.19. The third-order valence-corrected chi connectivity index (χ3v) is 4.17. The van der Waals surface area contributed by atoms with E-state index in [0.717, 1.165) is 5.56 Å². The Morgan fingerprint density at radius 2 is 1.41 bits per heavy atom. The fourth-order valence-corrected chi connectivity index (χ4v) is 2.70. The Bertz CT molecular complexity index is 963. The Morgan fingerprint density at radius 1 is 0.759 bits per heavy atom. The standard InChI is InChI=1S/C22H20N4O3/c27-20(25-26-22(29)18-12-7-13-23-15-18)14-19(16-8-3-1-4-9-16)24-21(28)17-10-5-2-6-11-17/h1-13,15,19H,14H2,(H,24,28)(H,25,27)(H,26,29). The van der Waals surface area contributed by atoms with Gasteiger partial charge >= 0.3 is 0 Å². The maximum atomic E-state index is 12.5. The first-order valence-corrected chi connectivity index (χ1v) is 9.03. The summed E-state index contributed by atoms with van der Waals surface area (Å²) < 4.78 is 0. The molecule has 0 fully saturated rings. The van der Waals surface area contributed by atoms with Crippen LogP contribution in [0.4, 0.5) is 0 Å². The molecule has 0 aliphatic heterocycles. The molecule has 146 valence electrons. The number of hydrogen-bond donors (Lipinski definition) is 3. The molecule has 0 aliphatic carbocycles. The topological polar surface area (TPSA) is 100 Å². The first-order chi connectivity index (χ1) is 14.1. The number of carbonyl (C=O) groups excluding carboxylic acids is 3. The van der Waals surface area contributed by atoms with Crippen LogP contribution in [0.2, 0.25) is 0 Å². The van der Waals surface area contributed by atoms with E-state index in [2.05, 4.69) is 21.2 Å². The van der Waals surface area contributed by atoms with E-state index in [-0.39, 0.29) is 12.3 Å². The molecule has 0 saturated heterocycles. The van der Waals surface area contributed by atoms with Gasteiger partial charge in [-0.3, -0.25) is 30.2 Å². The van der Waals surface area contributed by atoms with Gasteiger partial charge in [0.25, 0.3) is 11.8 Å². The van der Waals surface area contributed by atoms with E-state index >= 15 is 0 Å². The highest BCUT2D eigenvalue weighted by Crippen LogP contribution is 2.17. The summed E-state index contributed by atoms with van der Waals surface area (Å²) in [5.74, 6) is -1.20. The number of benzene rings is 2. The fourth-order valence-electron chi connectivity index (χ4n) is 2.70. The SMILES string of the molecule is O=C(CC(NC(=O)c1ccccc1)c1ccccc1)NNC(=O)c1cccnc1. The zero-order valence-corrected chi connectivity index (χ0v) is 15.5. The molecule has 1 atom stereocenters. The van der Waals surface area contributed by atoms with Gasteiger partial charge in [-0.1, -0.05) is 48.5 Å². The van der Waals surface area contributed by atoms with Crippen molar-refractivity contribution in [2.24, 2.45) is 0 Å². The predicted molar refractivity (Wildman–Crippen MR) is 108 cm³/mol. The number of hydrogen-bond acceptors (Lipinski definition) is 4. The van der Waals surface area contributed by atoms with Crippen LogP contribution in [0.25, 0.3) is 0 Å². The van der Waals surface area contributed by atoms with E-state index in [1.165, 1.54) is 6.20 Å². The van der Waals surface area contributed by atoms with Crippen LogP contribution in [-0.4, -0.2) is 22.7 Å². The Kier molecular flexibility index (Phi) is 6.67. The quantitative estimate of drug-likeness (QED) is 0.565. The van der Waals surface area contributed by atoms with Gasteiger partial charge in [-0.05, 0) is 29.8 Å². The van der Waals surface area contributed by atoms with Crippen LogP contribution < -0.4 is 16.2 Å². The minimum absolute atomic E-state index is 0.0457. The van der Waals surface area contributed by atoms with Crippen molar-refractivity contribution in [3.8, 4) is 0 Å². The van der Waals surface area contributed by atoms with E-state index in [9.17, 15) is 14.4 Å². The van der Waals surface area contributed by atoms with Gasteiger partial charge < -0.3 is 5.32 Å². The minimum Gasteiger partial charge on any atom is -0.345 e. The van der Waals surface area contributed by atoms with Gasteiger partial charge in [0.2, 0.25) is 5.91 Å². The number of rotatable bonds is 6. The monoisotopic (exact) mass is 388 g/mol. The molecule has 0 bridgehead atoms. The third kappa shape index (κ3) is 5.74. The van der Waals surface area contributed by atoms with Crippen LogP contribution in [-0.2, 0) is 4.79 Å². The molecule has 3 N–H and O–H groups in total. The van der Waals surface area contributed by atoms with E-state index in [4.69, 9.17) is 0 Å². The average molecular weight is 388 g/mol. The lowest BCUT2D eigenvalue weighted by Gasteiger charge is -2.19. The van der Waals surface area contributed by atoms with Gasteiger partial charge in [-0.25, -0.2) is 0 Å². The number of pyridine rings is 1. The summed E-state index contributed by atoms with van der Waals surface area (Å²) in [6.07, 6.45) is 2.90. The fraction of sp³-hybridized carbons (Fsp3) is 0.0909. The number of hydrazine groups is 1. The highest BCUT2D eigenvalue weighted by atomic mass is 16.2. The summed E-state index contributed by atoms with van der Waals surface area (Å²) in [4.78, 5) is 40.8. The van der Waals surface area contributed by atoms with Crippen molar-refractivity contribution in [1.29, 1.82) is 0 Å². The maximum absolute atomic E-state index is 12.5. The lowest BCUT2D eigenvalue weighted by molar-refractivity contribution is -0.122. The minimum atomic E-state index is -0.556. The summed E-state index contributed by atoms with van der Waals surface area (Å²) in [5.41, 5.74) is 6.33. The molecule has 7 nitrogen and oxygen atoms in total. The Labute approximate surface area is 168 Å². The molecule has 1 aromatic heterocycles. The van der Waals surface area contributed by atoms with Crippen LogP contribution in [0, 0.1) is 0 Å². The number of amides is 3. The molecule has 3 rings (SSSR count). The van der Waals surface area contributed by atoms with E-state index in [1.54, 1.807) is 42.6 Å². The lowest BCUT2D eigenvalue weighted by atomic mass is 10.0. The Hall–Kier alpha value is -4.00. The second kappa shape index (κ2) is 9.80. The normalized spacial score (nSPS) is 11.2. The third-order valence-electron chi connectivity index (χ3n) is 4.17. The largest absolute Gasteiger partial charge is 0.345 e. The summed E-state index contributed by atoms with van der Waals surface area (Å²) in [7, 11) is 0. The van der Waals surface area contributed by atoms with Gasteiger partial charge in [0.05, 0.1) is 18.0 Å². The van der Waals surface area contributed by atoms with Crippen LogP contribution in [0.5, 0.6) is 0 Å². The summed E-state index contributed by atoms with van der Waals surface area (Å²) in [6.45, 7) is 0. The van der Waals surface area contributed by atoms with E-state index in [0.29, 0.717) is 11.1 Å². The zero-order chi connectivity index (χ0) is 20.5. The van der Waals surface area contributed by atoms with Crippen LogP contribution in [0.3, 0.4) is 0 Å². The van der Waals surface area contributed by atoms with Gasteiger partial charge in [-0.2, -0.15) is 0 Å². The number of nitrogens with zero attached hydrogens (tertiary/aromatic N) is 1. The summed E-state index contributed by atoms with van der Waals surface area (Å²) >= 11 is 0. The molecule has 29 heavy (non-hydrogen) atoms. The van der Waals surface area contributed by atoms with Crippen molar-refractivity contribution in [3.63, 3.8) is 0 Å². The number of nitrogens with one attached hydrogen (secondary N) is 3. The Balaban J connectivity index is 1.64. The predicted octanol–water partition coefficient (Wildman–Crippen LogP) is 2.40. The van der Waals surface area contributed by atoms with Crippen molar-refractivity contribution < 1.29 is 14.4 Å². The summed E-state index contributed by atoms with van der Waals surface area (Å²) in [5, 5.41) is 2.88. The zero-order valence-electron chi connectivity index (χ0n) is 15.5. The van der Waals surface area contributed by atoms with Crippen LogP contribution in [0.1, 0.15) is 38.7 Å². The van der Waals surface area contributed by atoms with Crippen molar-refractivity contribution in [2.45, 2.75) is 12.5 Å². The average Bonchev–Trinajstić information content (AvgIpc) is 2.78. The van der Waals surface area contributed by atoms with Crippen LogP contribution >= 0.6 is 0 Å². The van der Waals surface area contributed by atoms with Gasteiger partial charge in [0.15, 0.2) is 0 Å². The molecule has 7 heteroatoms.